The van der Waals surface area contributed by atoms with Gasteiger partial charge in [-0.2, -0.15) is 0 Å². The average molecular weight is 946 g/mol. The van der Waals surface area contributed by atoms with Gasteiger partial charge < -0.3 is 0 Å². The molecule has 74 heavy (non-hydrogen) atoms. The number of hydrogen-bond donors (Lipinski definition) is 0. The van der Waals surface area contributed by atoms with Gasteiger partial charge in [-0.05, 0) is 126 Å². The molecule has 0 saturated heterocycles. The van der Waals surface area contributed by atoms with Gasteiger partial charge in [-0.1, -0.05) is 237 Å². The molecule has 0 radical (unpaired) electrons. The van der Waals surface area contributed by atoms with E-state index in [2.05, 4.69) is 158 Å². The molecule has 4 nitrogen and oxygen atoms in total. The molecule has 12 aromatic rings. The van der Waals surface area contributed by atoms with E-state index in [1.165, 1.54) is 0 Å². The quantitative estimate of drug-likeness (QED) is 0.115. The summed E-state index contributed by atoms with van der Waals surface area (Å²) in [7, 11) is 0. The zero-order valence-electron chi connectivity index (χ0n) is 40.4. The molecular weight excluding hydrogens is 899 g/mol. The lowest BCUT2D eigenvalue weighted by Crippen LogP contribution is -2.02. The van der Waals surface area contributed by atoms with E-state index in [-0.39, 0.29) is 5.78 Å². The van der Waals surface area contributed by atoms with Gasteiger partial charge in [0.25, 0.3) is 0 Å². The van der Waals surface area contributed by atoms with Crippen molar-refractivity contribution in [3.63, 3.8) is 0 Å². The lowest BCUT2D eigenvalue weighted by atomic mass is 9.84. The molecule has 1 heterocycles. The summed E-state index contributed by atoms with van der Waals surface area (Å²) in [5, 5.41) is 0. The smallest absolute Gasteiger partial charge is 0.193 e. The molecule has 0 amide bonds. The molecule has 12 rings (SSSR count). The van der Waals surface area contributed by atoms with Crippen LogP contribution in [-0.2, 0) is 0 Å². The summed E-state index contributed by atoms with van der Waals surface area (Å²) >= 11 is 0. The normalized spacial score (nSPS) is 11.0. The monoisotopic (exact) mass is 945 g/mol. The first-order valence-electron chi connectivity index (χ1n) is 24.9. The standard InChI is InChI=1S/C70H47N3O/c74-67(63-44-60(48-22-7-1-8-23-48)43-61(45-63)49-24-9-2-10-25-49)58-38-20-35-55(41-58)54-34-19-37-57(40-54)66-64(50-26-11-3-12-27-50)46-62(47-65(66)51-28-13-4-14-29-51)56-36-21-39-59(42-56)70-72-68(52-30-15-5-16-31-52)71-69(73-70)53-32-17-6-18-33-53/h1-47H. The second kappa shape index (κ2) is 20.4. The van der Waals surface area contributed by atoms with Gasteiger partial charge in [0.2, 0.25) is 0 Å². The maximum absolute atomic E-state index is 14.7. The topological polar surface area (TPSA) is 55.7 Å². The summed E-state index contributed by atoms with van der Waals surface area (Å²) in [6.45, 7) is 0. The predicted molar refractivity (Wildman–Crippen MR) is 304 cm³/mol. The van der Waals surface area contributed by atoms with Crippen molar-refractivity contribution in [3.05, 3.63) is 296 Å². The Labute approximate surface area is 431 Å². The number of hydrogen-bond acceptors (Lipinski definition) is 4. The minimum absolute atomic E-state index is 0.0286. The van der Waals surface area contributed by atoms with E-state index >= 15 is 0 Å². The molecule has 0 saturated carbocycles. The van der Waals surface area contributed by atoms with Crippen molar-refractivity contribution < 1.29 is 4.79 Å². The Morgan fingerprint density at radius 3 is 0.986 bits per heavy atom. The Kier molecular flexibility index (Phi) is 12.5. The number of carbonyl (C=O) groups excluding carboxylic acids is 1. The van der Waals surface area contributed by atoms with Crippen molar-refractivity contribution in [1.29, 1.82) is 0 Å². The summed E-state index contributed by atoms with van der Waals surface area (Å²) in [5.41, 5.74) is 18.8. The first-order valence-corrected chi connectivity index (χ1v) is 24.9. The van der Waals surface area contributed by atoms with Crippen molar-refractivity contribution in [3.8, 4) is 112 Å². The van der Waals surface area contributed by atoms with E-state index < -0.39 is 0 Å². The Balaban J connectivity index is 0.964. The Hall–Kier alpha value is -9.90. The third-order valence-electron chi connectivity index (χ3n) is 13.5. The molecular formula is C70H47N3O. The fourth-order valence-electron chi connectivity index (χ4n) is 9.80. The van der Waals surface area contributed by atoms with E-state index in [0.29, 0.717) is 28.6 Å². The van der Waals surface area contributed by atoms with E-state index in [1.54, 1.807) is 0 Å². The number of aromatic nitrogens is 3. The van der Waals surface area contributed by atoms with Crippen molar-refractivity contribution in [1.82, 2.24) is 15.0 Å². The SMILES string of the molecule is O=C(c1cccc(-c2cccc(-c3c(-c4ccccc4)cc(-c4cccc(-c5nc(-c6ccccc6)nc(-c6ccccc6)n5)c4)cc3-c3ccccc3)c2)c1)c1cc(-c2ccccc2)cc(-c2ccccc2)c1. The van der Waals surface area contributed by atoms with Gasteiger partial charge in [0.15, 0.2) is 23.3 Å². The first kappa shape index (κ1) is 45.3. The molecule has 0 fully saturated rings. The zero-order valence-corrected chi connectivity index (χ0v) is 40.4. The number of ketones is 1. The Bertz CT molecular complexity index is 3760. The lowest BCUT2D eigenvalue weighted by molar-refractivity contribution is 0.103. The van der Waals surface area contributed by atoms with Crippen molar-refractivity contribution >= 4 is 5.78 Å². The van der Waals surface area contributed by atoms with Gasteiger partial charge >= 0.3 is 0 Å². The summed E-state index contributed by atoms with van der Waals surface area (Å²) in [6, 6.07) is 98.0. The van der Waals surface area contributed by atoms with Crippen LogP contribution in [-0.4, -0.2) is 20.7 Å². The largest absolute Gasteiger partial charge is 0.289 e. The first-order chi connectivity index (χ1) is 36.6. The highest BCUT2D eigenvalue weighted by atomic mass is 16.1. The van der Waals surface area contributed by atoms with Gasteiger partial charge in [-0.15, -0.1) is 0 Å². The van der Waals surface area contributed by atoms with E-state index in [1.807, 2.05) is 127 Å². The van der Waals surface area contributed by atoms with Crippen molar-refractivity contribution in [2.45, 2.75) is 0 Å². The van der Waals surface area contributed by atoms with Crippen molar-refractivity contribution in [2.75, 3.05) is 0 Å². The van der Waals surface area contributed by atoms with Crippen LogP contribution in [0.5, 0.6) is 0 Å². The highest BCUT2D eigenvalue weighted by molar-refractivity contribution is 6.11. The molecule has 0 N–H and O–H groups in total. The van der Waals surface area contributed by atoms with Crippen LogP contribution in [0.1, 0.15) is 15.9 Å². The Morgan fingerprint density at radius 1 is 0.216 bits per heavy atom. The van der Waals surface area contributed by atoms with Gasteiger partial charge in [-0.25, -0.2) is 15.0 Å². The van der Waals surface area contributed by atoms with Gasteiger partial charge in [0.05, 0.1) is 0 Å². The van der Waals surface area contributed by atoms with Gasteiger partial charge in [0.1, 0.15) is 0 Å². The molecule has 0 bridgehead atoms. The number of rotatable bonds is 12. The number of benzene rings is 11. The zero-order chi connectivity index (χ0) is 49.6. The molecule has 0 atom stereocenters. The van der Waals surface area contributed by atoms with E-state index in [4.69, 9.17) is 15.0 Å². The van der Waals surface area contributed by atoms with Crippen LogP contribution < -0.4 is 0 Å². The van der Waals surface area contributed by atoms with Crippen LogP contribution >= 0.6 is 0 Å². The minimum atomic E-state index is -0.0286. The molecule has 4 heteroatoms. The van der Waals surface area contributed by atoms with Crippen LogP contribution in [0.2, 0.25) is 0 Å². The van der Waals surface area contributed by atoms with Gasteiger partial charge in [0, 0.05) is 27.8 Å². The molecule has 348 valence electrons. The highest BCUT2D eigenvalue weighted by Crippen LogP contribution is 2.45. The highest BCUT2D eigenvalue weighted by Gasteiger charge is 2.20. The minimum Gasteiger partial charge on any atom is -0.289 e. The second-order valence-electron chi connectivity index (χ2n) is 18.3. The van der Waals surface area contributed by atoms with Crippen LogP contribution in [0, 0.1) is 0 Å². The van der Waals surface area contributed by atoms with Crippen LogP contribution in [0.15, 0.2) is 285 Å². The fourth-order valence-corrected chi connectivity index (χ4v) is 9.80. The van der Waals surface area contributed by atoms with E-state index in [9.17, 15) is 4.79 Å². The summed E-state index contributed by atoms with van der Waals surface area (Å²) in [6.07, 6.45) is 0. The van der Waals surface area contributed by atoms with E-state index in [0.717, 1.165) is 94.6 Å². The molecule has 0 aliphatic rings. The molecule has 0 unspecified atom stereocenters. The van der Waals surface area contributed by atoms with Crippen LogP contribution in [0.4, 0.5) is 0 Å². The molecule has 1 aromatic heterocycles. The second-order valence-corrected chi connectivity index (χ2v) is 18.3. The van der Waals surface area contributed by atoms with Crippen molar-refractivity contribution in [2.24, 2.45) is 0 Å². The van der Waals surface area contributed by atoms with Gasteiger partial charge in [-0.3, -0.25) is 4.79 Å². The summed E-state index contributed by atoms with van der Waals surface area (Å²) < 4.78 is 0. The third kappa shape index (κ3) is 9.51. The maximum Gasteiger partial charge on any atom is 0.193 e. The summed E-state index contributed by atoms with van der Waals surface area (Å²) in [5.74, 6) is 1.81. The third-order valence-corrected chi connectivity index (χ3v) is 13.5. The lowest BCUT2D eigenvalue weighted by Gasteiger charge is -2.20. The molecule has 0 aliphatic carbocycles. The molecule has 11 aromatic carbocycles. The average Bonchev–Trinajstić information content (AvgIpc) is 3.50. The fraction of sp³-hybridized carbons (Fsp3) is 0. The number of carbonyl (C=O) groups is 1. The number of nitrogens with zero attached hydrogens (tertiary/aromatic N) is 3. The molecule has 0 spiro atoms. The van der Waals surface area contributed by atoms with Crippen LogP contribution in [0.25, 0.3) is 112 Å². The van der Waals surface area contributed by atoms with Crippen LogP contribution in [0.3, 0.4) is 0 Å². The molecule has 0 aliphatic heterocycles. The summed E-state index contributed by atoms with van der Waals surface area (Å²) in [4.78, 5) is 29.8. The Morgan fingerprint density at radius 2 is 0.514 bits per heavy atom. The predicted octanol–water partition coefficient (Wildman–Crippen LogP) is 17.8. The maximum atomic E-state index is 14.7.